The van der Waals surface area contributed by atoms with Gasteiger partial charge in [-0.25, -0.2) is 4.99 Å². The molecule has 3 rings (SSSR count). The zero-order chi connectivity index (χ0) is 20.1. The number of hydrogen-bond donors (Lipinski definition) is 3. The Morgan fingerprint density at radius 1 is 1.32 bits per heavy atom. The molecule has 0 unspecified atom stereocenters. The van der Waals surface area contributed by atoms with Crippen molar-refractivity contribution < 1.29 is 14.5 Å². The van der Waals surface area contributed by atoms with Gasteiger partial charge in [-0.15, -0.1) is 0 Å². The average molecular weight is 380 g/mol. The zero-order valence-electron chi connectivity index (χ0n) is 14.7. The van der Waals surface area contributed by atoms with Crippen LogP contribution >= 0.6 is 0 Å². The van der Waals surface area contributed by atoms with Crippen LogP contribution in [0.2, 0.25) is 0 Å². The monoisotopic (exact) mass is 380 g/mol. The first-order valence-electron chi connectivity index (χ1n) is 8.05. The molecule has 142 valence electrons. The number of amides is 1. The van der Waals surface area contributed by atoms with Crippen LogP contribution in [0.5, 0.6) is 5.75 Å². The van der Waals surface area contributed by atoms with E-state index in [9.17, 15) is 14.9 Å². The highest BCUT2D eigenvalue weighted by Crippen LogP contribution is 2.27. The molecule has 1 aromatic heterocycles. The summed E-state index contributed by atoms with van der Waals surface area (Å²) in [7, 11) is 1.56. The number of H-pyrrole nitrogens is 1. The molecule has 28 heavy (non-hydrogen) atoms. The van der Waals surface area contributed by atoms with E-state index >= 15 is 0 Å². The quantitative estimate of drug-likeness (QED) is 0.326. The summed E-state index contributed by atoms with van der Waals surface area (Å²) in [5, 5.41) is 20.3. The van der Waals surface area contributed by atoms with Crippen molar-refractivity contribution in [3.63, 3.8) is 0 Å². The van der Waals surface area contributed by atoms with Crippen LogP contribution in [-0.2, 0) is 0 Å². The number of non-ortho nitro benzene ring substituents is 1. The summed E-state index contributed by atoms with van der Waals surface area (Å²) >= 11 is 0. The van der Waals surface area contributed by atoms with Crippen molar-refractivity contribution in [2.45, 2.75) is 0 Å². The van der Waals surface area contributed by atoms with E-state index in [1.54, 1.807) is 19.2 Å². The number of hydrogen-bond acceptors (Lipinski definition) is 7. The molecule has 0 aliphatic rings. The Bertz CT molecular complexity index is 1040. The highest BCUT2D eigenvalue weighted by Gasteiger charge is 2.18. The van der Waals surface area contributed by atoms with Crippen LogP contribution < -0.4 is 15.8 Å². The number of nitro benzene ring substituents is 1. The Morgan fingerprint density at radius 3 is 2.71 bits per heavy atom. The third-order valence-electron chi connectivity index (χ3n) is 3.77. The molecule has 0 saturated heterocycles. The number of anilines is 2. The number of methoxy groups -OCH3 is 1. The van der Waals surface area contributed by atoms with Crippen molar-refractivity contribution in [3.8, 4) is 5.75 Å². The molecule has 4 N–H and O–H groups in total. The average Bonchev–Trinajstić information content (AvgIpc) is 3.09. The summed E-state index contributed by atoms with van der Waals surface area (Å²) in [5.74, 6) is 0.291. The predicted octanol–water partition coefficient (Wildman–Crippen LogP) is 2.92. The molecule has 0 bridgehead atoms. The Labute approximate surface area is 159 Å². The second-order valence-electron chi connectivity index (χ2n) is 5.62. The van der Waals surface area contributed by atoms with Crippen LogP contribution in [0.15, 0.2) is 53.5 Å². The number of aromatic nitrogens is 2. The van der Waals surface area contributed by atoms with Gasteiger partial charge in [0.15, 0.2) is 11.6 Å². The van der Waals surface area contributed by atoms with Crippen LogP contribution in [0, 0.1) is 10.1 Å². The van der Waals surface area contributed by atoms with E-state index in [0.717, 1.165) is 5.56 Å². The molecule has 10 heteroatoms. The number of carbonyl (C=O) groups is 1. The van der Waals surface area contributed by atoms with E-state index in [0.29, 0.717) is 11.4 Å². The van der Waals surface area contributed by atoms with Crippen molar-refractivity contribution in [1.82, 2.24) is 10.2 Å². The first kappa shape index (κ1) is 18.6. The fourth-order valence-corrected chi connectivity index (χ4v) is 2.41. The van der Waals surface area contributed by atoms with E-state index in [1.165, 1.54) is 30.5 Å². The van der Waals surface area contributed by atoms with E-state index in [2.05, 4.69) is 20.5 Å². The number of benzene rings is 2. The summed E-state index contributed by atoms with van der Waals surface area (Å²) in [4.78, 5) is 26.4. The second kappa shape index (κ2) is 7.99. The second-order valence-corrected chi connectivity index (χ2v) is 5.62. The topological polar surface area (TPSA) is 149 Å². The van der Waals surface area contributed by atoms with Crippen molar-refractivity contribution in [3.05, 3.63) is 69.8 Å². The fraction of sp³-hybridized carbons (Fsp3) is 0.0556. The van der Waals surface area contributed by atoms with Crippen LogP contribution in [0.1, 0.15) is 15.9 Å². The van der Waals surface area contributed by atoms with Gasteiger partial charge in [0.2, 0.25) is 0 Å². The molecular weight excluding hydrogens is 364 g/mol. The van der Waals surface area contributed by atoms with Crippen molar-refractivity contribution >= 4 is 35.1 Å². The van der Waals surface area contributed by atoms with E-state index in [1.807, 2.05) is 12.1 Å². The molecule has 0 atom stereocenters. The summed E-state index contributed by atoms with van der Waals surface area (Å²) < 4.78 is 5.15. The predicted molar refractivity (Wildman–Crippen MR) is 104 cm³/mol. The van der Waals surface area contributed by atoms with Gasteiger partial charge in [-0.3, -0.25) is 20.0 Å². The van der Waals surface area contributed by atoms with Gasteiger partial charge in [0, 0.05) is 24.0 Å². The maximum Gasteiger partial charge on any atom is 0.269 e. The van der Waals surface area contributed by atoms with Crippen LogP contribution in [0.4, 0.5) is 23.0 Å². The number of nitrogens with one attached hydrogen (secondary N) is 2. The van der Waals surface area contributed by atoms with Gasteiger partial charge in [0.1, 0.15) is 11.3 Å². The number of aliphatic imine (C=N–C) groups is 1. The van der Waals surface area contributed by atoms with Crippen molar-refractivity contribution in [2.75, 3.05) is 12.4 Å². The van der Waals surface area contributed by atoms with Gasteiger partial charge in [0.05, 0.1) is 12.0 Å². The maximum absolute atomic E-state index is 11.9. The normalized spacial score (nSPS) is 10.8. The van der Waals surface area contributed by atoms with Gasteiger partial charge in [-0.05, 0) is 29.8 Å². The Kier molecular flexibility index (Phi) is 5.30. The number of nitro groups is 1. The number of carbonyl (C=O) groups excluding carboxylic acids is 1. The zero-order valence-corrected chi connectivity index (χ0v) is 14.7. The number of aromatic amines is 1. The number of rotatable bonds is 7. The smallest absolute Gasteiger partial charge is 0.269 e. The molecule has 0 saturated carbocycles. The fourth-order valence-electron chi connectivity index (χ4n) is 2.41. The Hall–Kier alpha value is -4.21. The lowest BCUT2D eigenvalue weighted by atomic mass is 10.2. The van der Waals surface area contributed by atoms with Crippen LogP contribution in [-0.4, -0.2) is 34.4 Å². The minimum Gasteiger partial charge on any atom is -0.497 e. The number of ether oxygens (including phenoxy) is 1. The molecule has 1 heterocycles. The lowest BCUT2D eigenvalue weighted by molar-refractivity contribution is -0.384. The summed E-state index contributed by atoms with van der Waals surface area (Å²) in [6.07, 6.45) is 1.54. The molecule has 3 aromatic rings. The van der Waals surface area contributed by atoms with Crippen LogP contribution in [0.25, 0.3) is 0 Å². The molecular formula is C18H16N6O4. The molecule has 0 fully saturated rings. The number of primary amides is 1. The first-order valence-corrected chi connectivity index (χ1v) is 8.05. The molecule has 2 aromatic carbocycles. The standard InChI is InChI=1S/C18H16N6O4/c1-28-14-4-2-3-11(9-14)10-20-17-15(16(19)25)18(23-22-17)21-12-5-7-13(8-6-12)24(26)27/h2-10H,1H3,(H2,19,25)(H2,21,22,23)/b20-10+. The minimum absolute atomic E-state index is 0.0497. The SMILES string of the molecule is COc1cccc(/C=N/c2[nH]nc(Nc3ccc([N+](=O)[O-])cc3)c2C(N)=O)c1. The number of nitrogens with zero attached hydrogens (tertiary/aromatic N) is 3. The van der Waals surface area contributed by atoms with E-state index < -0.39 is 10.8 Å². The molecule has 1 amide bonds. The molecule has 0 aliphatic carbocycles. The minimum atomic E-state index is -0.726. The van der Waals surface area contributed by atoms with Crippen LogP contribution in [0.3, 0.4) is 0 Å². The first-order chi connectivity index (χ1) is 13.5. The van der Waals surface area contributed by atoms with Crippen molar-refractivity contribution in [2.24, 2.45) is 10.7 Å². The van der Waals surface area contributed by atoms with Gasteiger partial charge in [0.25, 0.3) is 11.6 Å². The Morgan fingerprint density at radius 2 is 2.07 bits per heavy atom. The summed E-state index contributed by atoms with van der Waals surface area (Å²) in [5.41, 5.74) is 6.75. The van der Waals surface area contributed by atoms with E-state index in [-0.39, 0.29) is 22.9 Å². The van der Waals surface area contributed by atoms with Crippen molar-refractivity contribution in [1.29, 1.82) is 0 Å². The molecule has 0 aliphatic heterocycles. The van der Waals surface area contributed by atoms with E-state index in [4.69, 9.17) is 10.5 Å². The molecule has 0 radical (unpaired) electrons. The third-order valence-corrected chi connectivity index (χ3v) is 3.77. The Balaban J connectivity index is 1.86. The lowest BCUT2D eigenvalue weighted by Crippen LogP contribution is -2.12. The molecule has 10 nitrogen and oxygen atoms in total. The number of nitrogens with two attached hydrogens (primary N) is 1. The van der Waals surface area contributed by atoms with Gasteiger partial charge < -0.3 is 15.8 Å². The summed E-state index contributed by atoms with van der Waals surface area (Å²) in [6.45, 7) is 0. The molecule has 0 spiro atoms. The van der Waals surface area contributed by atoms with Gasteiger partial charge >= 0.3 is 0 Å². The van der Waals surface area contributed by atoms with Gasteiger partial charge in [-0.2, -0.15) is 5.10 Å². The highest BCUT2D eigenvalue weighted by molar-refractivity contribution is 6.03. The third kappa shape index (κ3) is 4.12. The highest BCUT2D eigenvalue weighted by atomic mass is 16.6. The van der Waals surface area contributed by atoms with Gasteiger partial charge in [-0.1, -0.05) is 12.1 Å². The summed E-state index contributed by atoms with van der Waals surface area (Å²) in [6, 6.07) is 12.9. The largest absolute Gasteiger partial charge is 0.497 e. The lowest BCUT2D eigenvalue weighted by Gasteiger charge is -2.04. The maximum atomic E-state index is 11.9.